The van der Waals surface area contributed by atoms with E-state index in [2.05, 4.69) is 20.9 Å². The van der Waals surface area contributed by atoms with Crippen LogP contribution in [0.25, 0.3) is 0 Å². The minimum Gasteiger partial charge on any atom is -0.478 e. The second-order valence-corrected chi connectivity index (χ2v) is 5.51. The van der Waals surface area contributed by atoms with Crippen LogP contribution in [-0.2, 0) is 6.42 Å². The Hall–Kier alpha value is -2.21. The Morgan fingerprint density at radius 2 is 2.05 bits per heavy atom. The summed E-state index contributed by atoms with van der Waals surface area (Å²) < 4.78 is 0.606. The van der Waals surface area contributed by atoms with Crippen molar-refractivity contribution >= 4 is 33.5 Å². The normalized spacial score (nSPS) is 13.1. The van der Waals surface area contributed by atoms with Crippen LogP contribution in [0, 0.1) is 0 Å². The molecule has 21 heavy (non-hydrogen) atoms. The predicted molar refractivity (Wildman–Crippen MR) is 80.7 cm³/mol. The van der Waals surface area contributed by atoms with Gasteiger partial charge >= 0.3 is 5.97 Å². The number of amides is 1. The second kappa shape index (κ2) is 5.29. The first kappa shape index (κ1) is 13.8. The number of fused-ring (bicyclic) bond motifs is 1. The van der Waals surface area contributed by atoms with Crippen molar-refractivity contribution in [2.24, 2.45) is 0 Å². The minimum atomic E-state index is -0.962. The number of carbonyl (C=O) groups excluding carboxylic acids is 1. The number of benzene rings is 1. The predicted octanol–water partition coefficient (Wildman–Crippen LogP) is 2.75. The molecule has 0 saturated heterocycles. The van der Waals surface area contributed by atoms with E-state index in [4.69, 9.17) is 5.11 Å². The maximum Gasteiger partial charge on any atom is 0.335 e. The van der Waals surface area contributed by atoms with E-state index in [0.29, 0.717) is 23.3 Å². The number of pyridine rings is 1. The third-order valence-electron chi connectivity index (χ3n) is 3.40. The number of anilines is 1. The van der Waals surface area contributed by atoms with Gasteiger partial charge < -0.3 is 10.0 Å². The van der Waals surface area contributed by atoms with Crippen LogP contribution in [0.15, 0.2) is 41.0 Å². The highest BCUT2D eigenvalue weighted by Gasteiger charge is 2.27. The molecule has 1 aromatic carbocycles. The molecule has 106 valence electrons. The molecule has 1 aliphatic heterocycles. The highest BCUT2D eigenvalue weighted by atomic mass is 79.9. The third-order valence-corrected chi connectivity index (χ3v) is 3.84. The lowest BCUT2D eigenvalue weighted by Crippen LogP contribution is -2.29. The summed E-state index contributed by atoms with van der Waals surface area (Å²) in [7, 11) is 0. The lowest BCUT2D eigenvalue weighted by atomic mass is 10.1. The fourth-order valence-corrected chi connectivity index (χ4v) is 2.76. The van der Waals surface area contributed by atoms with Crippen molar-refractivity contribution in [3.63, 3.8) is 0 Å². The fraction of sp³-hybridized carbons (Fsp3) is 0.133. The molecule has 0 saturated carbocycles. The molecule has 0 unspecified atom stereocenters. The molecule has 0 aliphatic carbocycles. The number of halogens is 1. The van der Waals surface area contributed by atoms with E-state index in [1.807, 2.05) is 0 Å². The molecule has 0 radical (unpaired) electrons. The number of rotatable bonds is 2. The molecule has 5 nitrogen and oxygen atoms in total. The SMILES string of the molecule is O=C(O)c1ccc2c(c1)CCN2C(=O)c1cccc(Br)n1. The van der Waals surface area contributed by atoms with E-state index in [0.717, 1.165) is 11.3 Å². The summed E-state index contributed by atoms with van der Waals surface area (Å²) in [5, 5.41) is 9.00. The van der Waals surface area contributed by atoms with Crippen LogP contribution in [0.4, 0.5) is 5.69 Å². The number of carboxylic acids is 1. The summed E-state index contributed by atoms with van der Waals surface area (Å²) in [5.74, 6) is -1.14. The van der Waals surface area contributed by atoms with Gasteiger partial charge in [-0.15, -0.1) is 0 Å². The quantitative estimate of drug-likeness (QED) is 0.848. The second-order valence-electron chi connectivity index (χ2n) is 4.70. The van der Waals surface area contributed by atoms with Gasteiger partial charge in [0.1, 0.15) is 10.3 Å². The van der Waals surface area contributed by atoms with Gasteiger partial charge in [-0.1, -0.05) is 6.07 Å². The van der Waals surface area contributed by atoms with Crippen LogP contribution < -0.4 is 4.90 Å². The number of aromatic carboxylic acids is 1. The largest absolute Gasteiger partial charge is 0.478 e. The van der Waals surface area contributed by atoms with Gasteiger partial charge in [0, 0.05) is 12.2 Å². The number of aromatic nitrogens is 1. The van der Waals surface area contributed by atoms with Crippen molar-refractivity contribution in [1.82, 2.24) is 4.98 Å². The van der Waals surface area contributed by atoms with Gasteiger partial charge in [0.25, 0.3) is 5.91 Å². The van der Waals surface area contributed by atoms with Gasteiger partial charge in [0.2, 0.25) is 0 Å². The minimum absolute atomic E-state index is 0.182. The summed E-state index contributed by atoms with van der Waals surface area (Å²) in [4.78, 5) is 29.3. The van der Waals surface area contributed by atoms with E-state index >= 15 is 0 Å². The maximum atomic E-state index is 12.5. The Morgan fingerprint density at radius 1 is 1.24 bits per heavy atom. The van der Waals surface area contributed by atoms with Crippen LogP contribution in [0.1, 0.15) is 26.4 Å². The summed E-state index contributed by atoms with van der Waals surface area (Å²) in [6.07, 6.45) is 0.649. The third kappa shape index (κ3) is 2.54. The number of hydrogen-bond acceptors (Lipinski definition) is 3. The van der Waals surface area contributed by atoms with E-state index in [-0.39, 0.29) is 11.5 Å². The van der Waals surface area contributed by atoms with Crippen molar-refractivity contribution < 1.29 is 14.7 Å². The highest BCUT2D eigenvalue weighted by molar-refractivity contribution is 9.10. The Balaban J connectivity index is 1.94. The molecule has 3 rings (SSSR count). The zero-order valence-corrected chi connectivity index (χ0v) is 12.5. The molecule has 6 heteroatoms. The summed E-state index contributed by atoms with van der Waals surface area (Å²) in [6.45, 7) is 0.533. The maximum absolute atomic E-state index is 12.5. The molecule has 1 aromatic heterocycles. The molecule has 2 aromatic rings. The molecule has 0 atom stereocenters. The number of carboxylic acid groups (broad SMARTS) is 1. The van der Waals surface area contributed by atoms with Crippen molar-refractivity contribution in [3.8, 4) is 0 Å². The Morgan fingerprint density at radius 3 is 2.76 bits per heavy atom. The lowest BCUT2D eigenvalue weighted by molar-refractivity contribution is 0.0696. The van der Waals surface area contributed by atoms with Crippen LogP contribution in [0.5, 0.6) is 0 Å². The fourth-order valence-electron chi connectivity index (χ4n) is 2.41. The molecule has 1 amide bonds. The van der Waals surface area contributed by atoms with Crippen LogP contribution >= 0.6 is 15.9 Å². The van der Waals surface area contributed by atoms with Crippen molar-refractivity contribution in [3.05, 3.63) is 57.8 Å². The van der Waals surface area contributed by atoms with Gasteiger partial charge in [-0.25, -0.2) is 9.78 Å². The Labute approximate surface area is 129 Å². The monoisotopic (exact) mass is 346 g/mol. The van der Waals surface area contributed by atoms with Gasteiger partial charge in [-0.3, -0.25) is 4.79 Å². The standard InChI is InChI=1S/C15H11BrN2O3/c16-13-3-1-2-11(17-13)14(19)18-7-6-9-8-10(15(20)21)4-5-12(9)18/h1-5,8H,6-7H2,(H,20,21). The summed E-state index contributed by atoms with van der Waals surface area (Å²) in [5.41, 5.74) is 2.23. The first-order valence-corrected chi connectivity index (χ1v) is 7.16. The van der Waals surface area contributed by atoms with Crippen LogP contribution in [0.2, 0.25) is 0 Å². The van der Waals surface area contributed by atoms with Crippen molar-refractivity contribution in [2.45, 2.75) is 6.42 Å². The number of hydrogen-bond donors (Lipinski definition) is 1. The topological polar surface area (TPSA) is 70.5 Å². The first-order chi connectivity index (χ1) is 10.1. The van der Waals surface area contributed by atoms with E-state index in [9.17, 15) is 9.59 Å². The molecule has 1 aliphatic rings. The average molecular weight is 347 g/mol. The van der Waals surface area contributed by atoms with Crippen LogP contribution in [0.3, 0.4) is 0 Å². The Bertz CT molecular complexity index is 745. The van der Waals surface area contributed by atoms with Crippen molar-refractivity contribution in [2.75, 3.05) is 11.4 Å². The molecule has 0 bridgehead atoms. The van der Waals surface area contributed by atoms with Gasteiger partial charge in [0.15, 0.2) is 0 Å². The zero-order valence-electron chi connectivity index (χ0n) is 10.9. The molecule has 0 spiro atoms. The highest BCUT2D eigenvalue weighted by Crippen LogP contribution is 2.30. The first-order valence-electron chi connectivity index (χ1n) is 6.37. The van der Waals surface area contributed by atoms with Crippen molar-refractivity contribution in [1.29, 1.82) is 0 Å². The summed E-state index contributed by atoms with van der Waals surface area (Å²) >= 11 is 3.25. The van der Waals surface area contributed by atoms with E-state index in [1.165, 1.54) is 6.07 Å². The smallest absolute Gasteiger partial charge is 0.335 e. The zero-order chi connectivity index (χ0) is 15.0. The Kier molecular flexibility index (Phi) is 3.47. The van der Waals surface area contributed by atoms with Gasteiger partial charge in [-0.05, 0) is 58.2 Å². The molecular formula is C15H11BrN2O3. The molecular weight excluding hydrogens is 336 g/mol. The van der Waals surface area contributed by atoms with Crippen LogP contribution in [-0.4, -0.2) is 28.5 Å². The van der Waals surface area contributed by atoms with E-state index in [1.54, 1.807) is 35.2 Å². The average Bonchev–Trinajstić information content (AvgIpc) is 2.89. The number of carbonyl (C=O) groups is 2. The molecule has 0 fully saturated rings. The van der Waals surface area contributed by atoms with Gasteiger partial charge in [-0.2, -0.15) is 0 Å². The van der Waals surface area contributed by atoms with Gasteiger partial charge in [0.05, 0.1) is 5.56 Å². The molecule has 1 N–H and O–H groups in total. The molecule has 2 heterocycles. The van der Waals surface area contributed by atoms with E-state index < -0.39 is 5.97 Å². The summed E-state index contributed by atoms with van der Waals surface area (Å²) in [6, 6.07) is 10.0. The number of nitrogens with zero attached hydrogens (tertiary/aromatic N) is 2. The lowest BCUT2D eigenvalue weighted by Gasteiger charge is -2.17.